The van der Waals surface area contributed by atoms with Gasteiger partial charge in [-0.25, -0.2) is 16.8 Å². The number of hydrogen-bond acceptors (Lipinski definition) is 7. The molecule has 0 saturated carbocycles. The van der Waals surface area contributed by atoms with Crippen molar-refractivity contribution in [1.82, 2.24) is 9.62 Å². The van der Waals surface area contributed by atoms with Crippen LogP contribution in [0.5, 0.6) is 11.5 Å². The molecule has 1 amide bonds. The van der Waals surface area contributed by atoms with Crippen molar-refractivity contribution in [3.63, 3.8) is 0 Å². The van der Waals surface area contributed by atoms with Crippen LogP contribution in [0.25, 0.3) is 0 Å². The predicted molar refractivity (Wildman–Crippen MR) is 120 cm³/mol. The smallest absolute Gasteiger partial charge is 0.243 e. The molecule has 0 aliphatic rings. The Bertz CT molecular complexity index is 1160. The number of carbonyl (C=O) groups is 1. The van der Waals surface area contributed by atoms with Crippen LogP contribution >= 0.6 is 0 Å². The molecule has 0 aliphatic carbocycles. The summed E-state index contributed by atoms with van der Waals surface area (Å²) < 4.78 is 60.2. The third-order valence-electron chi connectivity index (χ3n) is 4.88. The van der Waals surface area contributed by atoms with E-state index >= 15 is 0 Å². The number of benzene rings is 2. The van der Waals surface area contributed by atoms with Crippen LogP contribution in [0.15, 0.2) is 52.3 Å². The number of rotatable bonds is 10. The summed E-state index contributed by atoms with van der Waals surface area (Å²) in [7, 11) is -3.11. The first-order valence-corrected chi connectivity index (χ1v) is 13.0. The highest BCUT2D eigenvalue weighted by Gasteiger charge is 2.25. The van der Waals surface area contributed by atoms with Crippen LogP contribution < -0.4 is 14.8 Å². The minimum Gasteiger partial charge on any atom is -0.493 e. The monoisotopic (exact) mass is 484 g/mol. The number of nitrogens with zero attached hydrogens (tertiary/aromatic N) is 1. The molecule has 11 heteroatoms. The fraction of sp³-hybridized carbons (Fsp3) is 0.381. The molecular weight excluding hydrogens is 456 g/mol. The second-order valence-corrected chi connectivity index (χ2v) is 11.2. The van der Waals surface area contributed by atoms with E-state index in [0.29, 0.717) is 12.2 Å². The summed E-state index contributed by atoms with van der Waals surface area (Å²) in [5.41, 5.74) is 0.721. The van der Waals surface area contributed by atoms with Crippen LogP contribution in [-0.2, 0) is 24.7 Å². The molecule has 0 heterocycles. The zero-order valence-electron chi connectivity index (χ0n) is 18.7. The number of carbonyl (C=O) groups excluding carboxylic acids is 1. The van der Waals surface area contributed by atoms with Crippen LogP contribution in [0, 0.1) is 0 Å². The van der Waals surface area contributed by atoms with E-state index in [9.17, 15) is 21.6 Å². The van der Waals surface area contributed by atoms with Gasteiger partial charge >= 0.3 is 0 Å². The van der Waals surface area contributed by atoms with E-state index in [-0.39, 0.29) is 15.5 Å². The van der Waals surface area contributed by atoms with Crippen molar-refractivity contribution < 1.29 is 31.1 Å². The van der Waals surface area contributed by atoms with Gasteiger partial charge in [-0.15, -0.1) is 0 Å². The van der Waals surface area contributed by atoms with Gasteiger partial charge in [0.1, 0.15) is 0 Å². The maximum Gasteiger partial charge on any atom is 0.243 e. The minimum absolute atomic E-state index is 0.0335. The highest BCUT2D eigenvalue weighted by atomic mass is 32.2. The van der Waals surface area contributed by atoms with E-state index in [1.54, 1.807) is 12.1 Å². The predicted octanol–water partition coefficient (Wildman–Crippen LogP) is 2.00. The quantitative estimate of drug-likeness (QED) is 0.548. The Morgan fingerprint density at radius 1 is 0.969 bits per heavy atom. The SMILES string of the molecule is CC[C@H](NC(=O)CN(C)S(=O)(=O)c1ccc(OC)c(OC)c1)c1ccc(S(C)(=O)=O)cc1. The zero-order valence-corrected chi connectivity index (χ0v) is 20.3. The van der Waals surface area contributed by atoms with Gasteiger partial charge in [0.15, 0.2) is 21.3 Å². The lowest BCUT2D eigenvalue weighted by molar-refractivity contribution is -0.121. The van der Waals surface area contributed by atoms with Crippen LogP contribution in [-0.4, -0.2) is 61.1 Å². The molecule has 0 radical (unpaired) electrons. The summed E-state index contributed by atoms with van der Waals surface area (Å²) in [4.78, 5) is 12.7. The molecule has 2 aromatic carbocycles. The lowest BCUT2D eigenvalue weighted by Crippen LogP contribution is -2.39. The average Bonchev–Trinajstić information content (AvgIpc) is 2.76. The topological polar surface area (TPSA) is 119 Å². The van der Waals surface area contributed by atoms with Gasteiger partial charge in [0.2, 0.25) is 15.9 Å². The van der Waals surface area contributed by atoms with Gasteiger partial charge in [-0.2, -0.15) is 4.31 Å². The highest BCUT2D eigenvalue weighted by Crippen LogP contribution is 2.30. The molecule has 176 valence electrons. The Morgan fingerprint density at radius 2 is 1.53 bits per heavy atom. The van der Waals surface area contributed by atoms with Crippen molar-refractivity contribution in [1.29, 1.82) is 0 Å². The van der Waals surface area contributed by atoms with Crippen molar-refractivity contribution in [2.45, 2.75) is 29.2 Å². The van der Waals surface area contributed by atoms with Crippen molar-refractivity contribution in [3.05, 3.63) is 48.0 Å². The van der Waals surface area contributed by atoms with E-state index in [0.717, 1.165) is 16.1 Å². The number of hydrogen-bond donors (Lipinski definition) is 1. The second kappa shape index (κ2) is 10.3. The Balaban J connectivity index is 2.13. The standard InChI is InChI=1S/C21H28N2O7S2/c1-6-18(15-7-9-16(10-8-15)31(5,25)26)22-21(24)14-23(2)32(27,28)17-11-12-19(29-3)20(13-17)30-4/h7-13,18H,6,14H2,1-5H3,(H,22,24)/t18-/m0/s1. The van der Waals surface area contributed by atoms with Crippen LogP contribution in [0.2, 0.25) is 0 Å². The van der Waals surface area contributed by atoms with Gasteiger partial charge in [-0.3, -0.25) is 4.79 Å². The summed E-state index contributed by atoms with van der Waals surface area (Å²) >= 11 is 0. The first kappa shape index (κ1) is 25.6. The Morgan fingerprint density at radius 3 is 2.03 bits per heavy atom. The molecule has 2 aromatic rings. The molecule has 1 N–H and O–H groups in total. The number of amides is 1. The molecule has 0 aliphatic heterocycles. The lowest BCUT2D eigenvalue weighted by atomic mass is 10.0. The maximum atomic E-state index is 12.9. The lowest BCUT2D eigenvalue weighted by Gasteiger charge is -2.21. The first-order valence-electron chi connectivity index (χ1n) is 9.71. The summed E-state index contributed by atoms with van der Waals surface area (Å²) in [5.74, 6) is 0.158. The molecular formula is C21H28N2O7S2. The van der Waals surface area contributed by atoms with Crippen LogP contribution in [0.3, 0.4) is 0 Å². The number of sulfonamides is 1. The fourth-order valence-corrected chi connectivity index (χ4v) is 4.83. The van der Waals surface area contributed by atoms with Gasteiger partial charge in [0.05, 0.1) is 36.6 Å². The van der Waals surface area contributed by atoms with Crippen LogP contribution in [0.4, 0.5) is 0 Å². The Kier molecular flexibility index (Phi) is 8.27. The molecule has 0 spiro atoms. The van der Waals surface area contributed by atoms with E-state index in [4.69, 9.17) is 9.47 Å². The van der Waals surface area contributed by atoms with E-state index in [1.807, 2.05) is 6.92 Å². The molecule has 0 aromatic heterocycles. The summed E-state index contributed by atoms with van der Waals surface area (Å²) in [6.07, 6.45) is 1.66. The molecule has 0 saturated heterocycles. The minimum atomic E-state index is -3.95. The molecule has 32 heavy (non-hydrogen) atoms. The number of sulfone groups is 1. The zero-order chi connectivity index (χ0) is 24.1. The third kappa shape index (κ3) is 5.99. The maximum absolute atomic E-state index is 12.9. The van der Waals surface area contributed by atoms with Crippen LogP contribution in [0.1, 0.15) is 24.9 Å². The van der Waals surface area contributed by atoms with Crippen molar-refractivity contribution in [3.8, 4) is 11.5 Å². The molecule has 9 nitrogen and oxygen atoms in total. The number of methoxy groups -OCH3 is 2. The summed E-state index contributed by atoms with van der Waals surface area (Å²) in [6.45, 7) is 1.47. The normalized spacial score (nSPS) is 12.9. The largest absolute Gasteiger partial charge is 0.493 e. The van der Waals surface area contributed by atoms with Gasteiger partial charge in [0.25, 0.3) is 0 Å². The summed E-state index contributed by atoms with van der Waals surface area (Å²) in [5, 5.41) is 2.80. The van der Waals surface area contributed by atoms with Gasteiger partial charge < -0.3 is 14.8 Å². The third-order valence-corrected chi connectivity index (χ3v) is 7.81. The van der Waals surface area contributed by atoms with E-state index in [1.165, 1.54) is 51.6 Å². The average molecular weight is 485 g/mol. The van der Waals surface area contributed by atoms with Gasteiger partial charge in [-0.05, 0) is 36.2 Å². The molecule has 0 bridgehead atoms. The Labute approximate surface area is 189 Å². The van der Waals surface area contributed by atoms with Gasteiger partial charge in [-0.1, -0.05) is 19.1 Å². The second-order valence-electron chi connectivity index (χ2n) is 7.15. The number of ether oxygens (including phenoxy) is 2. The van der Waals surface area contributed by atoms with Crippen molar-refractivity contribution in [2.24, 2.45) is 0 Å². The van der Waals surface area contributed by atoms with Crippen molar-refractivity contribution >= 4 is 25.8 Å². The first-order chi connectivity index (χ1) is 14.9. The molecule has 1 atom stereocenters. The highest BCUT2D eigenvalue weighted by molar-refractivity contribution is 7.90. The molecule has 0 fully saturated rings. The number of nitrogens with one attached hydrogen (secondary N) is 1. The fourth-order valence-electron chi connectivity index (χ4n) is 3.05. The van der Waals surface area contributed by atoms with E-state index in [2.05, 4.69) is 5.32 Å². The summed E-state index contributed by atoms with van der Waals surface area (Å²) in [6, 6.07) is 10.0. The van der Waals surface area contributed by atoms with E-state index < -0.39 is 38.4 Å². The molecule has 2 rings (SSSR count). The van der Waals surface area contributed by atoms with Crippen molar-refractivity contribution in [2.75, 3.05) is 34.1 Å². The van der Waals surface area contributed by atoms with Gasteiger partial charge in [0, 0.05) is 19.4 Å². The molecule has 0 unspecified atom stereocenters. The number of likely N-dealkylation sites (N-methyl/N-ethyl adjacent to an activating group) is 1. The Hall–Kier alpha value is -2.63.